The highest BCUT2D eigenvalue weighted by atomic mass is 32.1. The molecule has 2 aromatic heterocycles. The van der Waals surface area contributed by atoms with Crippen LogP contribution in [0.3, 0.4) is 0 Å². The van der Waals surface area contributed by atoms with E-state index in [1.165, 1.54) is 23.1 Å². The van der Waals surface area contributed by atoms with Crippen LogP contribution in [0.25, 0.3) is 21.6 Å². The molecule has 0 bridgehead atoms. The normalized spacial score (nSPS) is 14.3. The third-order valence-electron chi connectivity index (χ3n) is 5.50. The van der Waals surface area contributed by atoms with Crippen molar-refractivity contribution in [2.24, 2.45) is 0 Å². The Bertz CT molecular complexity index is 1290. The molecule has 1 aliphatic heterocycles. The Morgan fingerprint density at radius 3 is 2.76 bits per heavy atom. The van der Waals surface area contributed by atoms with Crippen LogP contribution in [0.5, 0.6) is 0 Å². The van der Waals surface area contributed by atoms with Gasteiger partial charge in [0, 0.05) is 31.4 Å². The van der Waals surface area contributed by atoms with E-state index < -0.39 is 5.97 Å². The number of aromatic nitrogens is 3. The van der Waals surface area contributed by atoms with Gasteiger partial charge in [0.2, 0.25) is 0 Å². The van der Waals surface area contributed by atoms with Crippen LogP contribution in [0, 0.1) is 0 Å². The first kappa shape index (κ1) is 22.4. The van der Waals surface area contributed by atoms with Crippen LogP contribution in [-0.4, -0.2) is 58.7 Å². The van der Waals surface area contributed by atoms with Crippen LogP contribution in [-0.2, 0) is 16.0 Å². The molecule has 8 nitrogen and oxygen atoms in total. The molecule has 1 saturated heterocycles. The zero-order valence-electron chi connectivity index (χ0n) is 18.9. The number of anilines is 2. The molecule has 0 unspecified atom stereocenters. The number of fused-ring (bicyclic) bond motifs is 1. The highest BCUT2D eigenvalue weighted by molar-refractivity contribution is 7.22. The second kappa shape index (κ2) is 10.3. The van der Waals surface area contributed by atoms with Gasteiger partial charge in [0.15, 0.2) is 16.8 Å². The van der Waals surface area contributed by atoms with E-state index in [2.05, 4.69) is 32.3 Å². The van der Waals surface area contributed by atoms with Gasteiger partial charge in [0.1, 0.15) is 5.56 Å². The molecule has 174 valence electrons. The van der Waals surface area contributed by atoms with Gasteiger partial charge < -0.3 is 14.8 Å². The molecule has 0 aliphatic carbocycles. The quantitative estimate of drug-likeness (QED) is 0.391. The molecular formula is C25H25N5O3S. The van der Waals surface area contributed by atoms with Crippen molar-refractivity contribution in [3.05, 3.63) is 65.9 Å². The monoisotopic (exact) mass is 475 g/mol. The Hall–Kier alpha value is -3.40. The van der Waals surface area contributed by atoms with E-state index in [1.54, 1.807) is 6.92 Å². The topological polar surface area (TPSA) is 89.5 Å². The number of hydrogen-bond donors (Lipinski definition) is 1. The van der Waals surface area contributed by atoms with Crippen molar-refractivity contribution in [1.82, 2.24) is 19.9 Å². The Kier molecular flexibility index (Phi) is 6.75. The van der Waals surface area contributed by atoms with Gasteiger partial charge in [-0.05, 0) is 24.6 Å². The van der Waals surface area contributed by atoms with Gasteiger partial charge in [0.25, 0.3) is 0 Å². The number of nitrogens with zero attached hydrogens (tertiary/aromatic N) is 4. The minimum Gasteiger partial charge on any atom is -0.462 e. The van der Waals surface area contributed by atoms with Gasteiger partial charge in [-0.1, -0.05) is 47.7 Å². The molecule has 0 atom stereocenters. The van der Waals surface area contributed by atoms with E-state index in [1.807, 2.05) is 36.4 Å². The van der Waals surface area contributed by atoms with E-state index in [0.717, 1.165) is 48.6 Å². The number of nitrogens with one attached hydrogen (secondary N) is 1. The Morgan fingerprint density at radius 1 is 1.15 bits per heavy atom. The molecule has 2 aromatic carbocycles. The number of rotatable bonds is 7. The molecule has 5 rings (SSSR count). The molecule has 1 fully saturated rings. The number of thiazole rings is 1. The summed E-state index contributed by atoms with van der Waals surface area (Å²) in [7, 11) is 0. The van der Waals surface area contributed by atoms with Gasteiger partial charge in [-0.2, -0.15) is 0 Å². The van der Waals surface area contributed by atoms with Crippen molar-refractivity contribution >= 4 is 38.5 Å². The molecular weight excluding hydrogens is 450 g/mol. The third-order valence-corrected chi connectivity index (χ3v) is 6.44. The van der Waals surface area contributed by atoms with Crippen LogP contribution >= 0.6 is 11.3 Å². The molecule has 1 N–H and O–H groups in total. The fourth-order valence-electron chi connectivity index (χ4n) is 3.80. The summed E-state index contributed by atoms with van der Waals surface area (Å²) in [4.78, 5) is 28.6. The molecule has 9 heteroatoms. The third kappa shape index (κ3) is 5.06. The lowest BCUT2D eigenvalue weighted by molar-refractivity contribution is 0.0342. The van der Waals surface area contributed by atoms with Crippen molar-refractivity contribution in [3.8, 4) is 11.4 Å². The number of hydrogen-bond acceptors (Lipinski definition) is 9. The van der Waals surface area contributed by atoms with Gasteiger partial charge >= 0.3 is 5.97 Å². The Labute approximate surface area is 201 Å². The molecule has 3 heterocycles. The van der Waals surface area contributed by atoms with E-state index in [-0.39, 0.29) is 12.2 Å². The van der Waals surface area contributed by atoms with Gasteiger partial charge in [-0.3, -0.25) is 4.90 Å². The first-order valence-electron chi connectivity index (χ1n) is 11.3. The predicted molar refractivity (Wildman–Crippen MR) is 132 cm³/mol. The SMILES string of the molecule is CCOC(=O)c1cnc(-c2ccccc2)nc1Nc1nc2ccc(CN3CCOCC3)cc2s1. The Balaban J connectivity index is 1.43. The van der Waals surface area contributed by atoms with Crippen molar-refractivity contribution in [3.63, 3.8) is 0 Å². The molecule has 1 aliphatic rings. The zero-order valence-corrected chi connectivity index (χ0v) is 19.7. The maximum Gasteiger partial charge on any atom is 0.343 e. The fourth-order valence-corrected chi connectivity index (χ4v) is 4.73. The Morgan fingerprint density at radius 2 is 1.97 bits per heavy atom. The summed E-state index contributed by atoms with van der Waals surface area (Å²) in [5, 5.41) is 3.90. The van der Waals surface area contributed by atoms with Crippen molar-refractivity contribution in [2.45, 2.75) is 13.5 Å². The van der Waals surface area contributed by atoms with Gasteiger partial charge in [-0.15, -0.1) is 0 Å². The maximum atomic E-state index is 12.5. The van der Waals surface area contributed by atoms with Crippen molar-refractivity contribution in [1.29, 1.82) is 0 Å². The molecule has 0 spiro atoms. The molecule has 0 radical (unpaired) electrons. The second-order valence-electron chi connectivity index (χ2n) is 7.88. The minimum absolute atomic E-state index is 0.270. The van der Waals surface area contributed by atoms with Crippen molar-refractivity contribution < 1.29 is 14.3 Å². The number of morpholine rings is 1. The van der Waals surface area contributed by atoms with Crippen LogP contribution in [0.1, 0.15) is 22.8 Å². The minimum atomic E-state index is -0.474. The number of benzene rings is 2. The standard InChI is InChI=1S/C25H25N5O3S/c1-2-33-24(31)19-15-26-22(18-6-4-3-5-7-18)28-23(19)29-25-27-20-9-8-17(14-21(20)34-25)16-30-10-12-32-13-11-30/h3-9,14-15H,2,10-13,16H2,1H3,(H,26,27,28,29). The van der Waals surface area contributed by atoms with Crippen LogP contribution in [0.15, 0.2) is 54.7 Å². The second-order valence-corrected chi connectivity index (χ2v) is 8.91. The lowest BCUT2D eigenvalue weighted by atomic mass is 10.2. The number of carbonyl (C=O) groups is 1. The summed E-state index contributed by atoms with van der Waals surface area (Å²) >= 11 is 1.53. The van der Waals surface area contributed by atoms with Gasteiger partial charge in [0.05, 0.1) is 30.0 Å². The number of ether oxygens (including phenoxy) is 2. The number of carbonyl (C=O) groups excluding carboxylic acids is 1. The van der Waals surface area contributed by atoms with E-state index in [9.17, 15) is 4.79 Å². The summed E-state index contributed by atoms with van der Waals surface area (Å²) < 4.78 is 11.7. The van der Waals surface area contributed by atoms with Crippen molar-refractivity contribution in [2.75, 3.05) is 38.2 Å². The summed E-state index contributed by atoms with van der Waals surface area (Å²) in [5.74, 6) is 0.420. The summed E-state index contributed by atoms with van der Waals surface area (Å²) in [5.41, 5.74) is 3.27. The summed E-state index contributed by atoms with van der Waals surface area (Å²) in [6.07, 6.45) is 1.50. The summed E-state index contributed by atoms with van der Waals surface area (Å²) in [6.45, 7) is 6.38. The lowest BCUT2D eigenvalue weighted by Gasteiger charge is -2.26. The molecule has 0 amide bonds. The maximum absolute atomic E-state index is 12.5. The van der Waals surface area contributed by atoms with Crippen LogP contribution < -0.4 is 5.32 Å². The fraction of sp³-hybridized carbons (Fsp3) is 0.280. The first-order chi connectivity index (χ1) is 16.7. The lowest BCUT2D eigenvalue weighted by Crippen LogP contribution is -2.35. The molecule has 34 heavy (non-hydrogen) atoms. The van der Waals surface area contributed by atoms with Gasteiger partial charge in [-0.25, -0.2) is 19.7 Å². The smallest absolute Gasteiger partial charge is 0.343 e. The highest BCUT2D eigenvalue weighted by Crippen LogP contribution is 2.31. The molecule has 0 saturated carbocycles. The van der Waals surface area contributed by atoms with E-state index in [4.69, 9.17) is 14.5 Å². The zero-order chi connectivity index (χ0) is 23.3. The van der Waals surface area contributed by atoms with Crippen LogP contribution in [0.2, 0.25) is 0 Å². The van der Waals surface area contributed by atoms with Crippen LogP contribution in [0.4, 0.5) is 10.9 Å². The number of esters is 1. The largest absolute Gasteiger partial charge is 0.462 e. The van der Waals surface area contributed by atoms with E-state index >= 15 is 0 Å². The first-order valence-corrected chi connectivity index (χ1v) is 12.1. The van der Waals surface area contributed by atoms with E-state index in [0.29, 0.717) is 16.8 Å². The molecule has 4 aromatic rings. The summed E-state index contributed by atoms with van der Waals surface area (Å²) in [6, 6.07) is 16.0. The average molecular weight is 476 g/mol. The highest BCUT2D eigenvalue weighted by Gasteiger charge is 2.18. The average Bonchev–Trinajstić information content (AvgIpc) is 3.27. The predicted octanol–water partition coefficient (Wildman–Crippen LogP) is 4.51.